The molecule has 0 spiro atoms. The van der Waals surface area contributed by atoms with E-state index in [2.05, 4.69) is 37.9 Å². The predicted octanol–water partition coefficient (Wildman–Crippen LogP) is 3.32. The van der Waals surface area contributed by atoms with Crippen LogP contribution in [-0.4, -0.2) is 4.98 Å². The van der Waals surface area contributed by atoms with Gasteiger partial charge in [-0.25, -0.2) is 4.98 Å². The molecule has 0 unspecified atom stereocenters. The van der Waals surface area contributed by atoms with Gasteiger partial charge in [0.15, 0.2) is 5.13 Å². The first-order valence-electron chi connectivity index (χ1n) is 4.88. The molecule has 1 heterocycles. The highest BCUT2D eigenvalue weighted by molar-refractivity contribution is 7.13. The van der Waals surface area contributed by atoms with Crippen LogP contribution in [0.4, 0.5) is 5.13 Å². The molecule has 2 N–H and O–H groups in total. The highest BCUT2D eigenvalue weighted by Crippen LogP contribution is 2.28. The van der Waals surface area contributed by atoms with E-state index in [1.807, 2.05) is 5.38 Å². The van der Waals surface area contributed by atoms with Gasteiger partial charge in [0.25, 0.3) is 0 Å². The lowest BCUT2D eigenvalue weighted by Gasteiger charge is -2.08. The third kappa shape index (κ3) is 1.75. The minimum Gasteiger partial charge on any atom is -0.375 e. The molecule has 0 bridgehead atoms. The molecule has 1 aromatic carbocycles. The quantitative estimate of drug-likeness (QED) is 0.797. The molecule has 0 aliphatic heterocycles. The van der Waals surface area contributed by atoms with Crippen LogP contribution in [0.2, 0.25) is 0 Å². The van der Waals surface area contributed by atoms with E-state index in [-0.39, 0.29) is 0 Å². The molecule has 3 heteroatoms. The third-order valence-corrected chi connectivity index (χ3v) is 3.53. The highest BCUT2D eigenvalue weighted by atomic mass is 32.1. The van der Waals surface area contributed by atoms with E-state index in [0.717, 1.165) is 5.69 Å². The van der Waals surface area contributed by atoms with Crippen molar-refractivity contribution in [3.05, 3.63) is 34.2 Å². The Balaban J connectivity index is 2.59. The summed E-state index contributed by atoms with van der Waals surface area (Å²) >= 11 is 1.48. The van der Waals surface area contributed by atoms with Crippen molar-refractivity contribution in [3.63, 3.8) is 0 Å². The highest BCUT2D eigenvalue weighted by Gasteiger charge is 2.08. The summed E-state index contributed by atoms with van der Waals surface area (Å²) in [5.74, 6) is 0. The number of thiazole rings is 1. The molecule has 2 aromatic rings. The Bertz CT molecular complexity index is 500. The standard InChI is InChI=1S/C12H14N2S/c1-7-4-5-10(9(3)8(7)2)11-6-15-12(13)14-11/h4-6H,1-3H3,(H2,13,14). The normalized spacial score (nSPS) is 10.6. The maximum atomic E-state index is 5.64. The Morgan fingerprint density at radius 2 is 1.87 bits per heavy atom. The third-order valence-electron chi connectivity index (χ3n) is 2.86. The van der Waals surface area contributed by atoms with Gasteiger partial charge < -0.3 is 5.73 Å². The smallest absolute Gasteiger partial charge is 0.180 e. The van der Waals surface area contributed by atoms with Gasteiger partial charge >= 0.3 is 0 Å². The number of aryl methyl sites for hydroxylation is 1. The number of aromatic nitrogens is 1. The Hall–Kier alpha value is -1.35. The zero-order chi connectivity index (χ0) is 11.0. The first-order valence-corrected chi connectivity index (χ1v) is 5.75. The van der Waals surface area contributed by atoms with Gasteiger partial charge in [0.2, 0.25) is 0 Å². The van der Waals surface area contributed by atoms with E-state index in [1.165, 1.54) is 33.6 Å². The fraction of sp³-hybridized carbons (Fsp3) is 0.250. The summed E-state index contributed by atoms with van der Waals surface area (Å²) in [6.07, 6.45) is 0. The van der Waals surface area contributed by atoms with E-state index < -0.39 is 0 Å². The lowest BCUT2D eigenvalue weighted by atomic mass is 9.97. The van der Waals surface area contributed by atoms with Crippen LogP contribution >= 0.6 is 11.3 Å². The minimum atomic E-state index is 0.627. The first-order chi connectivity index (χ1) is 7.09. The Morgan fingerprint density at radius 3 is 2.47 bits per heavy atom. The molecule has 0 aliphatic carbocycles. The van der Waals surface area contributed by atoms with Crippen molar-refractivity contribution in [2.75, 3.05) is 5.73 Å². The van der Waals surface area contributed by atoms with E-state index in [9.17, 15) is 0 Å². The number of nitrogens with two attached hydrogens (primary N) is 1. The molecule has 1 aromatic heterocycles. The zero-order valence-corrected chi connectivity index (χ0v) is 9.98. The van der Waals surface area contributed by atoms with Crippen molar-refractivity contribution in [3.8, 4) is 11.3 Å². The molecule has 15 heavy (non-hydrogen) atoms. The summed E-state index contributed by atoms with van der Waals surface area (Å²) in [6, 6.07) is 4.25. The van der Waals surface area contributed by atoms with Gasteiger partial charge in [0.05, 0.1) is 5.69 Å². The van der Waals surface area contributed by atoms with Crippen LogP contribution in [0.25, 0.3) is 11.3 Å². The van der Waals surface area contributed by atoms with E-state index in [1.54, 1.807) is 0 Å². The van der Waals surface area contributed by atoms with Crippen molar-refractivity contribution >= 4 is 16.5 Å². The SMILES string of the molecule is Cc1ccc(-c2csc(N)n2)c(C)c1C. The largest absolute Gasteiger partial charge is 0.375 e. The molecule has 2 nitrogen and oxygen atoms in total. The summed E-state index contributed by atoms with van der Waals surface area (Å²) in [6.45, 7) is 6.40. The number of rotatable bonds is 1. The monoisotopic (exact) mass is 218 g/mol. The number of anilines is 1. The number of nitrogens with zero attached hydrogens (tertiary/aromatic N) is 1. The average Bonchev–Trinajstić information content (AvgIpc) is 2.61. The van der Waals surface area contributed by atoms with Gasteiger partial charge in [-0.3, -0.25) is 0 Å². The molecule has 0 amide bonds. The van der Waals surface area contributed by atoms with Crippen LogP contribution in [0, 0.1) is 20.8 Å². The molecule has 2 rings (SSSR count). The van der Waals surface area contributed by atoms with Crippen molar-refractivity contribution in [2.24, 2.45) is 0 Å². The van der Waals surface area contributed by atoms with Crippen LogP contribution < -0.4 is 5.73 Å². The van der Waals surface area contributed by atoms with Crippen LogP contribution in [0.15, 0.2) is 17.5 Å². The van der Waals surface area contributed by atoms with Crippen molar-refractivity contribution in [1.82, 2.24) is 4.98 Å². The molecular formula is C12H14N2S. The summed E-state index contributed by atoms with van der Waals surface area (Å²) in [4.78, 5) is 4.31. The summed E-state index contributed by atoms with van der Waals surface area (Å²) in [5.41, 5.74) is 11.8. The Kier molecular flexibility index (Phi) is 2.49. The maximum Gasteiger partial charge on any atom is 0.180 e. The molecule has 0 saturated carbocycles. The molecule has 0 saturated heterocycles. The van der Waals surface area contributed by atoms with E-state index >= 15 is 0 Å². The topological polar surface area (TPSA) is 38.9 Å². The van der Waals surface area contributed by atoms with Crippen LogP contribution in [-0.2, 0) is 0 Å². The second-order valence-corrected chi connectivity index (χ2v) is 4.64. The van der Waals surface area contributed by atoms with Crippen molar-refractivity contribution in [2.45, 2.75) is 20.8 Å². The summed E-state index contributed by atoms with van der Waals surface area (Å²) in [5, 5.41) is 2.63. The minimum absolute atomic E-state index is 0.627. The fourth-order valence-corrected chi connectivity index (χ4v) is 2.21. The van der Waals surface area contributed by atoms with Crippen LogP contribution in [0.3, 0.4) is 0 Å². The molecule has 0 radical (unpaired) electrons. The van der Waals surface area contributed by atoms with Crippen molar-refractivity contribution in [1.29, 1.82) is 0 Å². The average molecular weight is 218 g/mol. The molecule has 0 aliphatic rings. The fourth-order valence-electron chi connectivity index (χ4n) is 1.64. The summed E-state index contributed by atoms with van der Waals surface area (Å²) < 4.78 is 0. The second-order valence-electron chi connectivity index (χ2n) is 3.75. The molecular weight excluding hydrogens is 204 g/mol. The first kappa shape index (κ1) is 10.2. The number of benzene rings is 1. The summed E-state index contributed by atoms with van der Waals surface area (Å²) in [7, 11) is 0. The Morgan fingerprint density at radius 1 is 1.13 bits per heavy atom. The second kappa shape index (κ2) is 3.66. The Labute approximate surface area is 93.8 Å². The molecule has 78 valence electrons. The van der Waals surface area contributed by atoms with Crippen molar-refractivity contribution < 1.29 is 0 Å². The van der Waals surface area contributed by atoms with Crippen LogP contribution in [0.5, 0.6) is 0 Å². The lowest BCUT2D eigenvalue weighted by Crippen LogP contribution is -1.91. The van der Waals surface area contributed by atoms with Gasteiger partial charge in [-0.05, 0) is 37.5 Å². The van der Waals surface area contributed by atoms with Gasteiger partial charge in [-0.2, -0.15) is 0 Å². The van der Waals surface area contributed by atoms with E-state index in [0.29, 0.717) is 5.13 Å². The number of hydrogen-bond donors (Lipinski definition) is 1. The van der Waals surface area contributed by atoms with Crippen LogP contribution in [0.1, 0.15) is 16.7 Å². The predicted molar refractivity (Wildman–Crippen MR) is 66.2 cm³/mol. The van der Waals surface area contributed by atoms with Gasteiger partial charge in [0.1, 0.15) is 0 Å². The molecule has 0 atom stereocenters. The lowest BCUT2D eigenvalue weighted by molar-refractivity contribution is 1.25. The molecule has 0 fully saturated rings. The number of hydrogen-bond acceptors (Lipinski definition) is 3. The number of nitrogen functional groups attached to an aromatic ring is 1. The van der Waals surface area contributed by atoms with E-state index in [4.69, 9.17) is 5.73 Å². The van der Waals surface area contributed by atoms with Gasteiger partial charge in [0, 0.05) is 10.9 Å². The zero-order valence-electron chi connectivity index (χ0n) is 9.16. The van der Waals surface area contributed by atoms with Gasteiger partial charge in [-0.15, -0.1) is 11.3 Å². The van der Waals surface area contributed by atoms with Gasteiger partial charge in [-0.1, -0.05) is 12.1 Å². The maximum absolute atomic E-state index is 5.64.